The van der Waals surface area contributed by atoms with E-state index in [9.17, 15) is 4.79 Å². The number of carboxylic acids is 1. The first-order chi connectivity index (χ1) is 8.56. The summed E-state index contributed by atoms with van der Waals surface area (Å²) in [4.78, 5) is 18.9. The molecule has 0 saturated carbocycles. The van der Waals surface area contributed by atoms with Crippen molar-refractivity contribution in [1.82, 2.24) is 9.97 Å². The fourth-order valence-electron chi connectivity index (χ4n) is 1.37. The highest BCUT2D eigenvalue weighted by molar-refractivity contribution is 5.87. The van der Waals surface area contributed by atoms with E-state index >= 15 is 0 Å². The maximum atomic E-state index is 10.8. The summed E-state index contributed by atoms with van der Waals surface area (Å²) in [5.74, 6) is -0.791. The molecule has 2 aromatic heterocycles. The Labute approximate surface area is 104 Å². The van der Waals surface area contributed by atoms with Crippen LogP contribution < -0.4 is 11.1 Å². The summed E-state index contributed by atoms with van der Waals surface area (Å²) in [5, 5.41) is 11.8. The monoisotopic (exact) mass is 244 g/mol. The molecule has 2 heterocycles. The number of nitrogen functional groups attached to an aromatic ring is 1. The Morgan fingerprint density at radius 3 is 2.72 bits per heavy atom. The van der Waals surface area contributed by atoms with Crippen molar-refractivity contribution in [3.63, 3.8) is 0 Å². The first kappa shape index (κ1) is 11.8. The lowest BCUT2D eigenvalue weighted by atomic mass is 10.3. The van der Waals surface area contributed by atoms with Crippen molar-refractivity contribution < 1.29 is 9.90 Å². The second-order valence-corrected chi connectivity index (χ2v) is 3.75. The molecule has 0 aliphatic heterocycles. The number of rotatable bonds is 3. The zero-order valence-corrected chi connectivity index (χ0v) is 9.71. The summed E-state index contributed by atoms with van der Waals surface area (Å²) in [6.45, 7) is 1.88. The normalized spacial score (nSPS) is 10.1. The van der Waals surface area contributed by atoms with Crippen LogP contribution in [0.3, 0.4) is 0 Å². The summed E-state index contributed by atoms with van der Waals surface area (Å²) in [6.07, 6.45) is 1.63. The number of carboxylic acid groups (broad SMARTS) is 1. The Balaban J connectivity index is 2.30. The van der Waals surface area contributed by atoms with Gasteiger partial charge in [-0.25, -0.2) is 9.78 Å². The second kappa shape index (κ2) is 4.70. The molecule has 0 aromatic carbocycles. The molecule has 0 atom stereocenters. The van der Waals surface area contributed by atoms with E-state index < -0.39 is 5.97 Å². The van der Waals surface area contributed by atoms with Crippen LogP contribution in [0.15, 0.2) is 30.5 Å². The third kappa shape index (κ3) is 2.54. The van der Waals surface area contributed by atoms with Crippen LogP contribution in [-0.4, -0.2) is 21.0 Å². The minimum atomic E-state index is -1.10. The molecule has 4 N–H and O–H groups in total. The van der Waals surface area contributed by atoms with Gasteiger partial charge in [0, 0.05) is 5.69 Å². The Morgan fingerprint density at radius 2 is 2.11 bits per heavy atom. The number of aromatic nitrogens is 2. The van der Waals surface area contributed by atoms with Crippen molar-refractivity contribution in [2.75, 3.05) is 11.1 Å². The van der Waals surface area contributed by atoms with E-state index in [1.165, 1.54) is 12.1 Å². The first-order valence-corrected chi connectivity index (χ1v) is 5.26. The van der Waals surface area contributed by atoms with Gasteiger partial charge in [-0.1, -0.05) is 0 Å². The van der Waals surface area contributed by atoms with E-state index in [4.69, 9.17) is 10.8 Å². The number of aromatic carboxylic acids is 1. The van der Waals surface area contributed by atoms with Crippen LogP contribution in [0.2, 0.25) is 0 Å². The Morgan fingerprint density at radius 1 is 1.33 bits per heavy atom. The highest BCUT2D eigenvalue weighted by atomic mass is 16.4. The van der Waals surface area contributed by atoms with Crippen LogP contribution in [0.5, 0.6) is 0 Å². The van der Waals surface area contributed by atoms with Crippen molar-refractivity contribution in [1.29, 1.82) is 0 Å². The van der Waals surface area contributed by atoms with Gasteiger partial charge in [-0.3, -0.25) is 4.98 Å². The minimum Gasteiger partial charge on any atom is -0.477 e. The minimum absolute atomic E-state index is 0.0632. The molecule has 2 aromatic rings. The Kier molecular flexibility index (Phi) is 3.09. The predicted molar refractivity (Wildman–Crippen MR) is 67.9 cm³/mol. The number of aryl methyl sites for hydroxylation is 1. The van der Waals surface area contributed by atoms with Crippen LogP contribution in [0.1, 0.15) is 16.2 Å². The third-order valence-electron chi connectivity index (χ3n) is 2.32. The molecule has 92 valence electrons. The number of hydrogen-bond acceptors (Lipinski definition) is 5. The van der Waals surface area contributed by atoms with Crippen molar-refractivity contribution in [2.24, 2.45) is 0 Å². The average Bonchev–Trinajstić information content (AvgIpc) is 2.34. The van der Waals surface area contributed by atoms with Gasteiger partial charge >= 0.3 is 5.97 Å². The van der Waals surface area contributed by atoms with E-state index in [1.807, 2.05) is 19.1 Å². The largest absolute Gasteiger partial charge is 0.477 e. The lowest BCUT2D eigenvalue weighted by Gasteiger charge is -2.08. The number of nitrogens with one attached hydrogen (secondary N) is 1. The second-order valence-electron chi connectivity index (χ2n) is 3.75. The van der Waals surface area contributed by atoms with Crippen LogP contribution in [0, 0.1) is 6.92 Å². The van der Waals surface area contributed by atoms with Crippen LogP contribution in [-0.2, 0) is 0 Å². The number of nitrogens with zero attached hydrogens (tertiary/aromatic N) is 2. The summed E-state index contributed by atoms with van der Waals surface area (Å²) in [6, 6.07) is 6.51. The molecule has 0 spiro atoms. The van der Waals surface area contributed by atoms with Crippen molar-refractivity contribution in [2.45, 2.75) is 6.92 Å². The molecule has 0 unspecified atom stereocenters. The zero-order valence-electron chi connectivity index (χ0n) is 9.71. The van der Waals surface area contributed by atoms with E-state index in [0.29, 0.717) is 17.2 Å². The van der Waals surface area contributed by atoms with Crippen molar-refractivity contribution in [3.05, 3.63) is 41.9 Å². The van der Waals surface area contributed by atoms with Gasteiger partial charge < -0.3 is 16.2 Å². The van der Waals surface area contributed by atoms with Crippen LogP contribution in [0.25, 0.3) is 0 Å². The van der Waals surface area contributed by atoms with Gasteiger partial charge in [0.2, 0.25) is 0 Å². The molecule has 2 rings (SSSR count). The summed E-state index contributed by atoms with van der Waals surface area (Å²) >= 11 is 0. The molecule has 0 radical (unpaired) electrons. The molecular formula is C12H12N4O2. The molecule has 0 saturated heterocycles. The van der Waals surface area contributed by atoms with Gasteiger partial charge in [0.05, 0.1) is 17.6 Å². The Bertz CT molecular complexity index is 581. The molecule has 0 fully saturated rings. The SMILES string of the molecule is Cc1ccc(Nc2nc(C(=O)O)ccc2N)cn1. The predicted octanol–water partition coefficient (Wildman–Crippen LogP) is 1.81. The van der Waals surface area contributed by atoms with Gasteiger partial charge in [0.25, 0.3) is 0 Å². The molecule has 6 nitrogen and oxygen atoms in total. The number of anilines is 3. The van der Waals surface area contributed by atoms with Crippen LogP contribution >= 0.6 is 0 Å². The number of pyridine rings is 2. The maximum Gasteiger partial charge on any atom is 0.354 e. The molecule has 0 aliphatic rings. The topological polar surface area (TPSA) is 101 Å². The standard InChI is InChI=1S/C12H12N4O2/c1-7-2-3-8(6-14-7)15-11-9(13)4-5-10(16-11)12(17)18/h2-6H,13H2,1H3,(H,15,16)(H,17,18). The van der Waals surface area contributed by atoms with Crippen molar-refractivity contribution in [3.8, 4) is 0 Å². The van der Waals surface area contributed by atoms with Gasteiger partial charge in [-0.15, -0.1) is 0 Å². The van der Waals surface area contributed by atoms with E-state index in [1.54, 1.807) is 6.20 Å². The quantitative estimate of drug-likeness (QED) is 0.761. The smallest absolute Gasteiger partial charge is 0.354 e. The number of hydrogen-bond donors (Lipinski definition) is 3. The van der Waals surface area contributed by atoms with Gasteiger partial charge in [-0.2, -0.15) is 0 Å². The molecule has 0 amide bonds. The molecular weight excluding hydrogens is 232 g/mol. The van der Waals surface area contributed by atoms with Crippen molar-refractivity contribution >= 4 is 23.2 Å². The van der Waals surface area contributed by atoms with E-state index in [0.717, 1.165) is 5.69 Å². The fourth-order valence-corrected chi connectivity index (χ4v) is 1.37. The summed E-state index contributed by atoms with van der Waals surface area (Å²) in [5.41, 5.74) is 7.63. The van der Waals surface area contributed by atoms with Gasteiger partial charge in [0.15, 0.2) is 11.5 Å². The molecule has 6 heteroatoms. The fraction of sp³-hybridized carbons (Fsp3) is 0.0833. The summed E-state index contributed by atoms with van der Waals surface area (Å²) in [7, 11) is 0. The Hall–Kier alpha value is -2.63. The molecule has 0 bridgehead atoms. The van der Waals surface area contributed by atoms with E-state index in [-0.39, 0.29) is 5.69 Å². The highest BCUT2D eigenvalue weighted by Gasteiger charge is 2.08. The van der Waals surface area contributed by atoms with E-state index in [2.05, 4.69) is 15.3 Å². The highest BCUT2D eigenvalue weighted by Crippen LogP contribution is 2.20. The maximum absolute atomic E-state index is 10.8. The number of nitrogens with two attached hydrogens (primary N) is 1. The molecule has 0 aliphatic carbocycles. The molecule has 18 heavy (non-hydrogen) atoms. The van der Waals surface area contributed by atoms with Gasteiger partial charge in [-0.05, 0) is 31.2 Å². The third-order valence-corrected chi connectivity index (χ3v) is 2.32. The zero-order chi connectivity index (χ0) is 13.1. The summed E-state index contributed by atoms with van der Waals surface area (Å²) < 4.78 is 0. The average molecular weight is 244 g/mol. The lowest BCUT2D eigenvalue weighted by molar-refractivity contribution is 0.0690. The lowest BCUT2D eigenvalue weighted by Crippen LogP contribution is -2.05. The number of carbonyl (C=O) groups is 1. The van der Waals surface area contributed by atoms with Crippen LogP contribution in [0.4, 0.5) is 17.2 Å². The van der Waals surface area contributed by atoms with Gasteiger partial charge in [0.1, 0.15) is 0 Å². The first-order valence-electron chi connectivity index (χ1n) is 5.26.